The first-order chi connectivity index (χ1) is 7.67. The van der Waals surface area contributed by atoms with Gasteiger partial charge in [-0.2, -0.15) is 0 Å². The number of hydrogen-bond acceptors (Lipinski definition) is 3. The molecule has 0 aromatic carbocycles. The number of hydrogen-bond donors (Lipinski definition) is 2. The van der Waals surface area contributed by atoms with Crippen LogP contribution < -0.4 is 5.32 Å². The number of carbonyl (C=O) groups is 1. The first kappa shape index (κ1) is 11.6. The van der Waals surface area contributed by atoms with Crippen LogP contribution in [0.3, 0.4) is 0 Å². The SMILES string of the molecule is CCC1(CNCc2ccsc2C(=O)O)CC1. The molecule has 0 saturated heterocycles. The van der Waals surface area contributed by atoms with E-state index in [0.29, 0.717) is 16.8 Å². The fraction of sp³-hybridized carbons (Fsp3) is 0.583. The molecule has 88 valence electrons. The van der Waals surface area contributed by atoms with Crippen molar-refractivity contribution < 1.29 is 9.90 Å². The van der Waals surface area contributed by atoms with E-state index < -0.39 is 5.97 Å². The highest BCUT2D eigenvalue weighted by Crippen LogP contribution is 2.47. The second-order valence-corrected chi connectivity index (χ2v) is 5.45. The molecule has 0 unspecified atom stereocenters. The average Bonchev–Trinajstić information content (AvgIpc) is 2.88. The van der Waals surface area contributed by atoms with Crippen molar-refractivity contribution in [3.63, 3.8) is 0 Å². The van der Waals surface area contributed by atoms with Gasteiger partial charge in [-0.15, -0.1) is 11.3 Å². The van der Waals surface area contributed by atoms with Crippen LogP contribution in [0.25, 0.3) is 0 Å². The van der Waals surface area contributed by atoms with Gasteiger partial charge in [0.15, 0.2) is 0 Å². The van der Waals surface area contributed by atoms with Crippen LogP contribution in [0.4, 0.5) is 0 Å². The van der Waals surface area contributed by atoms with Crippen LogP contribution in [0.1, 0.15) is 41.4 Å². The number of rotatable bonds is 6. The molecular weight excluding hydrogens is 222 g/mol. The Morgan fingerprint density at radius 3 is 2.94 bits per heavy atom. The maximum Gasteiger partial charge on any atom is 0.346 e. The van der Waals surface area contributed by atoms with E-state index in [9.17, 15) is 4.79 Å². The van der Waals surface area contributed by atoms with Gasteiger partial charge in [0.1, 0.15) is 4.88 Å². The van der Waals surface area contributed by atoms with Gasteiger partial charge < -0.3 is 10.4 Å². The Balaban J connectivity index is 1.85. The molecule has 1 aliphatic carbocycles. The molecule has 16 heavy (non-hydrogen) atoms. The normalized spacial score (nSPS) is 17.3. The number of nitrogens with one attached hydrogen (secondary N) is 1. The van der Waals surface area contributed by atoms with E-state index >= 15 is 0 Å². The lowest BCUT2D eigenvalue weighted by molar-refractivity contribution is 0.0701. The molecule has 0 amide bonds. The van der Waals surface area contributed by atoms with Crippen LogP contribution >= 0.6 is 11.3 Å². The molecular formula is C12H17NO2S. The summed E-state index contributed by atoms with van der Waals surface area (Å²) in [6, 6.07) is 1.90. The van der Waals surface area contributed by atoms with Gasteiger partial charge in [-0.3, -0.25) is 0 Å². The van der Waals surface area contributed by atoms with Crippen LogP contribution in [-0.2, 0) is 6.54 Å². The summed E-state index contributed by atoms with van der Waals surface area (Å²) in [6.07, 6.45) is 3.84. The van der Waals surface area contributed by atoms with Gasteiger partial charge in [0.05, 0.1) is 0 Å². The maximum atomic E-state index is 10.9. The van der Waals surface area contributed by atoms with Crippen molar-refractivity contribution in [2.24, 2.45) is 5.41 Å². The van der Waals surface area contributed by atoms with Crippen molar-refractivity contribution >= 4 is 17.3 Å². The Morgan fingerprint density at radius 1 is 1.62 bits per heavy atom. The molecule has 0 atom stereocenters. The predicted octanol–water partition coefficient (Wildman–Crippen LogP) is 2.73. The number of carboxylic acids is 1. The molecule has 3 nitrogen and oxygen atoms in total. The minimum atomic E-state index is -0.816. The molecule has 1 heterocycles. The zero-order valence-electron chi connectivity index (χ0n) is 9.45. The number of thiophene rings is 1. The van der Waals surface area contributed by atoms with E-state index in [-0.39, 0.29) is 0 Å². The summed E-state index contributed by atoms with van der Waals surface area (Å²) in [6.45, 7) is 3.91. The first-order valence-electron chi connectivity index (χ1n) is 5.67. The lowest BCUT2D eigenvalue weighted by Crippen LogP contribution is -2.23. The second kappa shape index (κ2) is 4.55. The molecule has 2 N–H and O–H groups in total. The predicted molar refractivity (Wildman–Crippen MR) is 64.9 cm³/mol. The third kappa shape index (κ3) is 2.44. The van der Waals surface area contributed by atoms with Gasteiger partial charge in [-0.05, 0) is 41.7 Å². The third-order valence-electron chi connectivity index (χ3n) is 3.46. The summed E-state index contributed by atoms with van der Waals surface area (Å²) in [5.74, 6) is -0.816. The smallest absolute Gasteiger partial charge is 0.346 e. The van der Waals surface area contributed by atoms with Crippen molar-refractivity contribution in [3.8, 4) is 0 Å². The molecule has 1 aromatic rings. The van der Waals surface area contributed by atoms with Crippen molar-refractivity contribution in [1.29, 1.82) is 0 Å². The summed E-state index contributed by atoms with van der Waals surface area (Å²) in [7, 11) is 0. The standard InChI is InChI=1S/C12H17NO2S/c1-2-12(4-5-12)8-13-7-9-3-6-16-10(9)11(14)15/h3,6,13H,2,4-5,7-8H2,1H3,(H,14,15). The monoisotopic (exact) mass is 239 g/mol. The lowest BCUT2D eigenvalue weighted by Gasteiger charge is -2.13. The Morgan fingerprint density at radius 2 is 2.38 bits per heavy atom. The Bertz CT molecular complexity index is 382. The van der Waals surface area contributed by atoms with Gasteiger partial charge in [0, 0.05) is 13.1 Å². The zero-order valence-corrected chi connectivity index (χ0v) is 10.3. The van der Waals surface area contributed by atoms with Gasteiger partial charge in [-0.25, -0.2) is 4.79 Å². The number of aromatic carboxylic acids is 1. The summed E-state index contributed by atoms with van der Waals surface area (Å²) >= 11 is 1.30. The van der Waals surface area contributed by atoms with E-state index in [1.165, 1.54) is 30.6 Å². The highest BCUT2D eigenvalue weighted by Gasteiger charge is 2.39. The topological polar surface area (TPSA) is 49.3 Å². The summed E-state index contributed by atoms with van der Waals surface area (Å²) < 4.78 is 0. The fourth-order valence-corrected chi connectivity index (χ4v) is 2.72. The lowest BCUT2D eigenvalue weighted by atomic mass is 10.0. The van der Waals surface area contributed by atoms with Gasteiger partial charge in [0.2, 0.25) is 0 Å². The summed E-state index contributed by atoms with van der Waals surface area (Å²) in [4.78, 5) is 11.4. The molecule has 1 aromatic heterocycles. The minimum absolute atomic E-state index is 0.467. The Labute approximate surface area is 99.5 Å². The molecule has 0 bridgehead atoms. The molecule has 0 spiro atoms. The number of carboxylic acid groups (broad SMARTS) is 1. The van der Waals surface area contributed by atoms with Crippen molar-refractivity contribution in [3.05, 3.63) is 21.9 Å². The Kier molecular flexibility index (Phi) is 3.30. The van der Waals surface area contributed by atoms with Crippen LogP contribution in [0, 0.1) is 5.41 Å². The van der Waals surface area contributed by atoms with Gasteiger partial charge in [-0.1, -0.05) is 6.92 Å². The largest absolute Gasteiger partial charge is 0.477 e. The molecule has 1 aliphatic rings. The van der Waals surface area contributed by atoms with Gasteiger partial charge in [0.25, 0.3) is 0 Å². The summed E-state index contributed by atoms with van der Waals surface area (Å²) in [5, 5.41) is 14.2. The molecule has 0 aliphatic heterocycles. The fourth-order valence-electron chi connectivity index (χ4n) is 1.96. The minimum Gasteiger partial charge on any atom is -0.477 e. The van der Waals surface area contributed by atoms with E-state index in [4.69, 9.17) is 5.11 Å². The van der Waals surface area contributed by atoms with Gasteiger partial charge >= 0.3 is 5.97 Å². The molecule has 1 saturated carbocycles. The molecule has 1 fully saturated rings. The summed E-state index contributed by atoms with van der Waals surface area (Å²) in [5.41, 5.74) is 1.42. The maximum absolute atomic E-state index is 10.9. The average molecular weight is 239 g/mol. The zero-order chi connectivity index (χ0) is 11.6. The molecule has 2 rings (SSSR count). The van der Waals surface area contributed by atoms with Crippen molar-refractivity contribution in [1.82, 2.24) is 5.32 Å². The van der Waals surface area contributed by atoms with Crippen molar-refractivity contribution in [2.45, 2.75) is 32.7 Å². The highest BCUT2D eigenvalue weighted by molar-refractivity contribution is 7.12. The first-order valence-corrected chi connectivity index (χ1v) is 6.55. The Hall–Kier alpha value is -0.870. The molecule has 0 radical (unpaired) electrons. The van der Waals surface area contributed by atoms with Crippen LogP contribution in [-0.4, -0.2) is 17.6 Å². The van der Waals surface area contributed by atoms with E-state index in [1.54, 1.807) is 0 Å². The van der Waals surface area contributed by atoms with Crippen LogP contribution in [0.2, 0.25) is 0 Å². The molecule has 4 heteroatoms. The second-order valence-electron chi connectivity index (χ2n) is 4.54. The van der Waals surface area contributed by atoms with Crippen LogP contribution in [0.15, 0.2) is 11.4 Å². The van der Waals surface area contributed by atoms with Crippen LogP contribution in [0.5, 0.6) is 0 Å². The third-order valence-corrected chi connectivity index (χ3v) is 4.41. The van der Waals surface area contributed by atoms with Crippen molar-refractivity contribution in [2.75, 3.05) is 6.54 Å². The van der Waals surface area contributed by atoms with E-state index in [2.05, 4.69) is 12.2 Å². The highest BCUT2D eigenvalue weighted by atomic mass is 32.1. The van der Waals surface area contributed by atoms with E-state index in [0.717, 1.165) is 12.1 Å². The van der Waals surface area contributed by atoms with E-state index in [1.807, 2.05) is 11.4 Å². The quantitative estimate of drug-likeness (QED) is 0.802.